The molecule has 5 aromatic rings. The molecule has 4 N–H and O–H groups in total. The van der Waals surface area contributed by atoms with Gasteiger partial charge in [-0.05, 0) is 99.5 Å². The number of halogens is 8. The zero-order valence-corrected chi connectivity index (χ0v) is 39.4. The Morgan fingerprint density at radius 3 is 1.14 bits per heavy atom. The number of rotatable bonds is 14. The van der Waals surface area contributed by atoms with Gasteiger partial charge < -0.3 is 21.3 Å². The molecule has 64 heavy (non-hydrogen) atoms. The number of benzene rings is 5. The summed E-state index contributed by atoms with van der Waals surface area (Å²) in [6.07, 6.45) is 0. The van der Waals surface area contributed by atoms with E-state index < -0.39 is 47.3 Å². The van der Waals surface area contributed by atoms with Gasteiger partial charge in [-0.2, -0.15) is 20.5 Å². The van der Waals surface area contributed by atoms with Crippen LogP contribution in [0.2, 0.25) is 40.2 Å². The predicted octanol–water partition coefficient (Wildman–Crippen LogP) is 13.4. The number of amides is 4. The van der Waals surface area contributed by atoms with E-state index in [1.165, 1.54) is 72.8 Å². The Hall–Kier alpha value is -5.16. The van der Waals surface area contributed by atoms with Crippen LogP contribution in [0.25, 0.3) is 0 Å². The molecule has 0 bridgehead atoms. The Morgan fingerprint density at radius 1 is 0.453 bits per heavy atom. The van der Waals surface area contributed by atoms with Gasteiger partial charge in [-0.15, -0.1) is 0 Å². The Bertz CT molecular complexity index is 2630. The second kappa shape index (κ2) is 21.7. The molecule has 0 aromatic heterocycles. The minimum Gasteiger partial charge on any atom is -0.324 e. The highest BCUT2D eigenvalue weighted by atomic mass is 35.5. The summed E-state index contributed by atoms with van der Waals surface area (Å²) in [6, 6.07) is 13.8. The van der Waals surface area contributed by atoms with Gasteiger partial charge in [0.25, 0.3) is 23.6 Å². The Kier molecular flexibility index (Phi) is 16.9. The van der Waals surface area contributed by atoms with E-state index >= 15 is 0 Å². The fourth-order valence-corrected chi connectivity index (χ4v) is 7.22. The van der Waals surface area contributed by atoms with E-state index in [0.717, 1.165) is 13.8 Å². The van der Waals surface area contributed by atoms with E-state index in [1.54, 1.807) is 13.8 Å². The molecule has 0 spiro atoms. The number of nitrogens with one attached hydrogen (secondary N) is 4. The number of hydrogen-bond acceptors (Lipinski definition) is 10. The molecule has 0 heterocycles. The first-order valence-corrected chi connectivity index (χ1v) is 21.2. The predicted molar refractivity (Wildman–Crippen MR) is 253 cm³/mol. The maximum absolute atomic E-state index is 13.4. The number of nitrogens with zero attached hydrogens (tertiary/aromatic N) is 4. The molecule has 2 atom stereocenters. The molecule has 0 fully saturated rings. The lowest BCUT2D eigenvalue weighted by atomic mass is 10.0. The lowest BCUT2D eigenvalue weighted by Gasteiger charge is -2.17. The molecule has 5 aromatic carbocycles. The zero-order valence-electron chi connectivity index (χ0n) is 33.3. The van der Waals surface area contributed by atoms with E-state index in [4.69, 9.17) is 92.8 Å². The molecule has 0 aliphatic heterocycles. The van der Waals surface area contributed by atoms with Gasteiger partial charge >= 0.3 is 0 Å². The summed E-state index contributed by atoms with van der Waals surface area (Å²) in [5.41, 5.74) is 1.76. The smallest absolute Gasteiger partial charge is 0.258 e. The average Bonchev–Trinajstić information content (AvgIpc) is 3.22. The first-order chi connectivity index (χ1) is 30.2. The largest absolute Gasteiger partial charge is 0.324 e. The minimum atomic E-state index is -1.63. The van der Waals surface area contributed by atoms with Crippen molar-refractivity contribution in [1.29, 1.82) is 0 Å². The van der Waals surface area contributed by atoms with Gasteiger partial charge in [0.05, 0.1) is 62.7 Å². The van der Waals surface area contributed by atoms with E-state index in [1.807, 2.05) is 0 Å². The van der Waals surface area contributed by atoms with Crippen LogP contribution in [0.15, 0.2) is 93.3 Å². The molecule has 0 radical (unpaired) electrons. The van der Waals surface area contributed by atoms with Crippen molar-refractivity contribution in [3.63, 3.8) is 0 Å². The Balaban J connectivity index is 1.27. The number of carbonyl (C=O) groups excluding carboxylic acids is 6. The van der Waals surface area contributed by atoms with Crippen LogP contribution in [-0.2, 0) is 19.2 Å². The second-order valence-electron chi connectivity index (χ2n) is 13.5. The third kappa shape index (κ3) is 11.9. The number of hydrogen-bond donors (Lipinski definition) is 4. The molecule has 0 aliphatic carbocycles. The van der Waals surface area contributed by atoms with Crippen molar-refractivity contribution in [3.8, 4) is 0 Å². The van der Waals surface area contributed by atoms with Gasteiger partial charge in [0.15, 0.2) is 11.6 Å². The van der Waals surface area contributed by atoms with E-state index in [0.29, 0.717) is 11.1 Å². The number of anilines is 4. The van der Waals surface area contributed by atoms with Crippen molar-refractivity contribution in [2.75, 3.05) is 21.3 Å². The zero-order chi connectivity index (χ0) is 47.2. The molecule has 5 rings (SSSR count). The summed E-state index contributed by atoms with van der Waals surface area (Å²) >= 11 is 49.5. The van der Waals surface area contributed by atoms with Gasteiger partial charge in [0, 0.05) is 11.4 Å². The minimum absolute atomic E-state index is 0.0183. The van der Waals surface area contributed by atoms with Gasteiger partial charge in [0.1, 0.15) is 11.4 Å². The van der Waals surface area contributed by atoms with Crippen LogP contribution in [0.3, 0.4) is 0 Å². The van der Waals surface area contributed by atoms with Gasteiger partial charge in [-0.3, -0.25) is 28.8 Å². The number of Topliss-reactive ketones (excluding diaryl/α,β-unsaturated/α-hetero) is 2. The van der Waals surface area contributed by atoms with Crippen LogP contribution in [0, 0.1) is 13.8 Å². The van der Waals surface area contributed by atoms with Crippen LogP contribution in [0.4, 0.5) is 34.1 Å². The van der Waals surface area contributed by atoms with Crippen LogP contribution in [0.5, 0.6) is 0 Å². The normalized spacial score (nSPS) is 12.2. The quantitative estimate of drug-likeness (QED) is 0.0484. The first kappa shape index (κ1) is 49.8. The van der Waals surface area contributed by atoms with E-state index in [-0.39, 0.29) is 85.4 Å². The molecule has 0 saturated carbocycles. The van der Waals surface area contributed by atoms with E-state index in [9.17, 15) is 28.8 Å². The molecule has 22 heteroatoms. The molecule has 14 nitrogen and oxygen atoms in total. The highest BCUT2D eigenvalue weighted by molar-refractivity contribution is 6.45. The van der Waals surface area contributed by atoms with Gasteiger partial charge in [-0.1, -0.05) is 105 Å². The van der Waals surface area contributed by atoms with Crippen LogP contribution >= 0.6 is 92.8 Å². The summed E-state index contributed by atoms with van der Waals surface area (Å²) in [7, 11) is 0. The molecular formula is C42H30Cl8N8O6. The van der Waals surface area contributed by atoms with Gasteiger partial charge in [0.2, 0.25) is 12.1 Å². The van der Waals surface area contributed by atoms with Crippen LogP contribution < -0.4 is 21.3 Å². The summed E-state index contributed by atoms with van der Waals surface area (Å²) in [5, 5.41) is 27.1. The summed E-state index contributed by atoms with van der Waals surface area (Å²) in [6.45, 7) is 5.59. The third-order valence-corrected chi connectivity index (χ3v) is 12.0. The average molecular weight is 1030 g/mol. The molecule has 4 amide bonds. The first-order valence-electron chi connectivity index (χ1n) is 18.2. The Labute approximate surface area is 405 Å². The Morgan fingerprint density at radius 2 is 0.797 bits per heavy atom. The maximum Gasteiger partial charge on any atom is 0.258 e. The van der Waals surface area contributed by atoms with Crippen LogP contribution in [-0.4, -0.2) is 47.3 Å². The summed E-state index contributed by atoms with van der Waals surface area (Å²) < 4.78 is 0. The third-order valence-electron chi connectivity index (χ3n) is 9.09. The van der Waals surface area contributed by atoms with E-state index in [2.05, 4.69) is 41.7 Å². The lowest BCUT2D eigenvalue weighted by molar-refractivity contribution is -0.127. The van der Waals surface area contributed by atoms with Crippen LogP contribution in [0.1, 0.15) is 45.7 Å². The monoisotopic (exact) mass is 1020 g/mol. The number of azo groups is 2. The maximum atomic E-state index is 13.4. The molecule has 0 saturated heterocycles. The lowest BCUT2D eigenvalue weighted by Crippen LogP contribution is -2.33. The molecule has 330 valence electrons. The van der Waals surface area contributed by atoms with Crippen molar-refractivity contribution in [1.82, 2.24) is 0 Å². The van der Waals surface area contributed by atoms with Crippen molar-refractivity contribution < 1.29 is 28.8 Å². The van der Waals surface area contributed by atoms with Crippen molar-refractivity contribution in [3.05, 3.63) is 135 Å². The van der Waals surface area contributed by atoms with Crippen molar-refractivity contribution in [2.45, 2.75) is 39.8 Å². The fourth-order valence-electron chi connectivity index (χ4n) is 5.53. The standard InChI is InChI=1S/C42H30Cl8N8O6/c1-17-18(2)30(52-42(64)38(20(4)60)58-56-32-10-6-8-22(36(32)50)40(62)54-34-16-26(46)24(44)14-28(34)48)12-11-29(17)51-41(63)37(19(3)59)57-55-31-9-5-7-21(35(31)49)39(61)53-33-15-25(45)23(43)13-27(33)47/h5-16,37-38H,1-4H3,(H,51,63)(H,52,64)(H,53,61)(H,54,62). The molecule has 0 aliphatic rings. The molecule has 2 unspecified atom stereocenters. The second-order valence-corrected chi connectivity index (χ2v) is 16.7. The number of carbonyl (C=O) groups is 6. The SMILES string of the molecule is CC(=O)C(N=Nc1cccc(C(=O)Nc2cc(Cl)c(Cl)cc2Cl)c1Cl)C(=O)Nc1ccc(NC(=O)C(N=Nc2cccc(C(=O)Nc3cc(Cl)c(Cl)cc3Cl)c2Cl)C(C)=O)c(C)c1C. The number of ketones is 2. The van der Waals surface area contributed by atoms with Crippen molar-refractivity contribution >= 4 is 162 Å². The summed E-state index contributed by atoms with van der Waals surface area (Å²) in [4.78, 5) is 78.3. The topological polar surface area (TPSA) is 200 Å². The van der Waals surface area contributed by atoms with Crippen molar-refractivity contribution in [2.24, 2.45) is 20.5 Å². The fraction of sp³-hybridized carbons (Fsp3) is 0.143. The molecular weight excluding hydrogens is 996 g/mol. The highest BCUT2D eigenvalue weighted by Crippen LogP contribution is 2.36. The summed E-state index contributed by atoms with van der Waals surface area (Å²) in [5.74, 6) is -4.34. The highest BCUT2D eigenvalue weighted by Gasteiger charge is 2.27. The van der Waals surface area contributed by atoms with Gasteiger partial charge in [-0.25, -0.2) is 0 Å².